The first-order valence-electron chi connectivity index (χ1n) is 16.2. The molecule has 0 unspecified atom stereocenters. The number of hydrogen-bond acceptors (Lipinski definition) is 4. The summed E-state index contributed by atoms with van der Waals surface area (Å²) in [6, 6.07) is 24.7. The van der Waals surface area contributed by atoms with Crippen LogP contribution in [-0.2, 0) is 0 Å². The number of pyridine rings is 3. The van der Waals surface area contributed by atoms with Gasteiger partial charge in [0.15, 0.2) is 10.9 Å². The first kappa shape index (κ1) is 28.5. The maximum Gasteiger partial charge on any atom is 0.251 e. The van der Waals surface area contributed by atoms with E-state index in [0.29, 0.717) is 50.3 Å². The highest BCUT2D eigenvalue weighted by atomic mass is 16.5. The molecule has 4 aromatic carbocycles. The van der Waals surface area contributed by atoms with Crippen molar-refractivity contribution in [1.82, 2.24) is 9.38 Å². The number of hydrogen-bond donors (Lipinski definition) is 0. The number of fused-ring (bicyclic) bond motifs is 6. The summed E-state index contributed by atoms with van der Waals surface area (Å²) in [6.45, 7) is 13.5. The van der Waals surface area contributed by atoms with Crippen LogP contribution in [0, 0.1) is 0 Å². The van der Waals surface area contributed by atoms with Crippen LogP contribution in [0.5, 0.6) is 11.5 Å². The molecule has 8 rings (SSSR count). The minimum atomic E-state index is -0.133. The summed E-state index contributed by atoms with van der Waals surface area (Å²) < 4.78 is 8.77. The van der Waals surface area contributed by atoms with Crippen LogP contribution in [-0.4, -0.2) is 16.1 Å². The van der Waals surface area contributed by atoms with Gasteiger partial charge in [0, 0.05) is 29.2 Å². The van der Waals surface area contributed by atoms with Crippen LogP contribution in [0.4, 0.5) is 0 Å². The summed E-state index contributed by atoms with van der Waals surface area (Å²) in [7, 11) is 0. The van der Waals surface area contributed by atoms with Gasteiger partial charge in [-0.15, -0.1) is 0 Å². The molecule has 1 aliphatic heterocycles. The van der Waals surface area contributed by atoms with Crippen LogP contribution in [0.15, 0.2) is 94.8 Å². The maximum atomic E-state index is 14.4. The lowest BCUT2D eigenvalue weighted by molar-refractivity contribution is 0.488. The lowest BCUT2D eigenvalue weighted by atomic mass is 9.33. The van der Waals surface area contributed by atoms with Crippen LogP contribution < -0.4 is 32.0 Å². The molecule has 0 bridgehead atoms. The standard InChI is InChI=1S/C40H35BN2O3/c1-21(2)24-15-26(22(3)4)37(27(16-24)23(5)6)41-31-12-8-10-14-35(31)46-36-18-34-28(17-32(36)41)40(45)30-20-42-19-29-38(30)43(34)33-13-9-7-11-25(33)39(29)44/h7-23H,1-6H3. The third-order valence-electron chi connectivity index (χ3n) is 9.86. The van der Waals surface area contributed by atoms with E-state index in [1.165, 1.54) is 22.2 Å². The van der Waals surface area contributed by atoms with Crippen molar-refractivity contribution in [2.24, 2.45) is 0 Å². The van der Waals surface area contributed by atoms with Crippen molar-refractivity contribution in [3.8, 4) is 11.5 Å². The monoisotopic (exact) mass is 602 g/mol. The van der Waals surface area contributed by atoms with Crippen LogP contribution in [0.25, 0.3) is 38.1 Å². The largest absolute Gasteiger partial charge is 0.458 e. The van der Waals surface area contributed by atoms with Crippen LogP contribution >= 0.6 is 0 Å². The Labute approximate surface area is 267 Å². The molecule has 0 N–H and O–H groups in total. The summed E-state index contributed by atoms with van der Waals surface area (Å²) in [6.07, 6.45) is 3.17. The van der Waals surface area contributed by atoms with Gasteiger partial charge in [0.2, 0.25) is 0 Å². The van der Waals surface area contributed by atoms with E-state index in [1.807, 2.05) is 48.5 Å². The van der Waals surface area contributed by atoms with Crippen molar-refractivity contribution < 1.29 is 4.74 Å². The number of benzene rings is 4. The normalized spacial score (nSPS) is 13.0. The lowest BCUT2D eigenvalue weighted by Crippen LogP contribution is -2.57. The maximum absolute atomic E-state index is 14.4. The number of nitrogens with zero attached hydrogens (tertiary/aromatic N) is 2. The molecule has 3 aromatic heterocycles. The Bertz CT molecular complexity index is 2470. The molecule has 226 valence electrons. The van der Waals surface area contributed by atoms with Gasteiger partial charge in [0.05, 0.1) is 27.3 Å². The van der Waals surface area contributed by atoms with Gasteiger partial charge in [0.25, 0.3) is 6.71 Å². The molecule has 7 aromatic rings. The zero-order valence-electron chi connectivity index (χ0n) is 27.0. The summed E-state index contributed by atoms with van der Waals surface area (Å²) in [5, 5.41) is 2.04. The Morgan fingerprint density at radius 2 is 1.26 bits per heavy atom. The topological polar surface area (TPSA) is 60.7 Å². The third kappa shape index (κ3) is 3.99. The fraction of sp³-hybridized carbons (Fsp3) is 0.225. The average molecular weight is 603 g/mol. The summed E-state index contributed by atoms with van der Waals surface area (Å²) >= 11 is 0. The van der Waals surface area contributed by atoms with Gasteiger partial charge in [-0.3, -0.25) is 14.6 Å². The Morgan fingerprint density at radius 1 is 0.630 bits per heavy atom. The molecule has 0 atom stereocenters. The van der Waals surface area contributed by atoms with Crippen molar-refractivity contribution >= 4 is 61.2 Å². The smallest absolute Gasteiger partial charge is 0.251 e. The highest BCUT2D eigenvalue weighted by Gasteiger charge is 2.37. The Morgan fingerprint density at radius 3 is 1.93 bits per heavy atom. The van der Waals surface area contributed by atoms with E-state index in [1.54, 1.807) is 12.4 Å². The molecular weight excluding hydrogens is 567 g/mol. The minimum absolute atomic E-state index is 0.122. The molecule has 6 heteroatoms. The van der Waals surface area contributed by atoms with Crippen molar-refractivity contribution in [1.29, 1.82) is 0 Å². The van der Waals surface area contributed by atoms with Gasteiger partial charge in [0.1, 0.15) is 11.5 Å². The Balaban J connectivity index is 1.54. The van der Waals surface area contributed by atoms with Crippen LogP contribution in [0.2, 0.25) is 0 Å². The number of aromatic nitrogens is 2. The molecule has 5 nitrogen and oxygen atoms in total. The van der Waals surface area contributed by atoms with Gasteiger partial charge in [-0.2, -0.15) is 0 Å². The highest BCUT2D eigenvalue weighted by molar-refractivity contribution is 6.97. The second-order valence-electron chi connectivity index (χ2n) is 13.7. The fourth-order valence-electron chi connectivity index (χ4n) is 7.57. The van der Waals surface area contributed by atoms with E-state index >= 15 is 0 Å². The second kappa shape index (κ2) is 10.3. The van der Waals surface area contributed by atoms with Gasteiger partial charge in [-0.25, -0.2) is 0 Å². The van der Waals surface area contributed by atoms with Gasteiger partial charge in [-0.1, -0.05) is 89.5 Å². The first-order valence-corrected chi connectivity index (χ1v) is 16.2. The SMILES string of the molecule is CC(C)c1cc(C(C)C)c(B2c3ccccc3Oc3cc4c(cc32)c(=O)c2cncc3c(=O)c5ccccc5n4c32)c(C(C)C)c1. The number of ether oxygens (including phenoxy) is 1. The first-order chi connectivity index (χ1) is 22.2. The molecule has 0 radical (unpaired) electrons. The van der Waals surface area contributed by atoms with E-state index in [4.69, 9.17) is 4.74 Å². The summed E-state index contributed by atoms with van der Waals surface area (Å²) in [4.78, 5) is 32.3. The predicted octanol–water partition coefficient (Wildman–Crippen LogP) is 6.94. The van der Waals surface area contributed by atoms with Crippen molar-refractivity contribution in [2.45, 2.75) is 59.3 Å². The predicted molar refractivity (Wildman–Crippen MR) is 191 cm³/mol. The molecule has 0 saturated heterocycles. The summed E-state index contributed by atoms with van der Waals surface area (Å²) in [5.74, 6) is 2.53. The molecule has 0 spiro atoms. The molecular formula is C40H35BN2O3. The second-order valence-corrected chi connectivity index (χ2v) is 13.7. The molecule has 0 aliphatic carbocycles. The third-order valence-corrected chi connectivity index (χ3v) is 9.86. The number of para-hydroxylation sites is 2. The van der Waals surface area contributed by atoms with E-state index in [9.17, 15) is 9.59 Å². The highest BCUT2D eigenvalue weighted by Crippen LogP contribution is 2.33. The van der Waals surface area contributed by atoms with Crippen LogP contribution in [0.3, 0.4) is 0 Å². The zero-order valence-corrected chi connectivity index (χ0v) is 27.0. The zero-order chi connectivity index (χ0) is 32.0. The minimum Gasteiger partial charge on any atom is -0.458 e. The quantitative estimate of drug-likeness (QED) is 0.124. The van der Waals surface area contributed by atoms with E-state index in [0.717, 1.165) is 27.9 Å². The molecule has 0 amide bonds. The van der Waals surface area contributed by atoms with Gasteiger partial charge < -0.3 is 9.14 Å². The number of rotatable bonds is 4. The van der Waals surface area contributed by atoms with Crippen molar-refractivity contribution in [2.75, 3.05) is 0 Å². The van der Waals surface area contributed by atoms with E-state index in [2.05, 4.69) is 75.2 Å². The molecule has 0 fully saturated rings. The lowest BCUT2D eigenvalue weighted by Gasteiger charge is -2.32. The molecule has 1 aliphatic rings. The van der Waals surface area contributed by atoms with Crippen molar-refractivity contribution in [3.05, 3.63) is 122 Å². The molecule has 0 saturated carbocycles. The fourth-order valence-corrected chi connectivity index (χ4v) is 7.57. The van der Waals surface area contributed by atoms with Crippen LogP contribution in [0.1, 0.15) is 76.0 Å². The molecule has 4 heterocycles. The van der Waals surface area contributed by atoms with Crippen molar-refractivity contribution in [3.63, 3.8) is 0 Å². The van der Waals surface area contributed by atoms with Gasteiger partial charge in [-0.05, 0) is 69.6 Å². The average Bonchev–Trinajstić information content (AvgIpc) is 3.05. The van der Waals surface area contributed by atoms with E-state index in [-0.39, 0.29) is 17.6 Å². The summed E-state index contributed by atoms with van der Waals surface area (Å²) in [5.41, 5.74) is 9.17. The molecule has 46 heavy (non-hydrogen) atoms. The Hall–Kier alpha value is -4.97. The Kier molecular flexibility index (Phi) is 6.37. The van der Waals surface area contributed by atoms with E-state index < -0.39 is 0 Å². The van der Waals surface area contributed by atoms with Gasteiger partial charge >= 0.3 is 0 Å².